The highest BCUT2D eigenvalue weighted by Gasteiger charge is 2.82. The van der Waals surface area contributed by atoms with Crippen molar-refractivity contribution in [3.05, 3.63) is 0 Å². The molecule has 0 heterocycles. The third-order valence-electron chi connectivity index (χ3n) is 4.24. The van der Waals surface area contributed by atoms with E-state index in [2.05, 4.69) is 0 Å². The number of halogens is 6. The molecular formula is C14H25F6NO5S2. The van der Waals surface area contributed by atoms with Crippen molar-refractivity contribution in [2.45, 2.75) is 69.3 Å². The molecule has 0 aliphatic carbocycles. The first-order valence-electron chi connectivity index (χ1n) is 8.51. The molecular weight excluding hydrogens is 440 g/mol. The monoisotopic (exact) mass is 465 g/mol. The molecule has 170 valence electrons. The van der Waals surface area contributed by atoms with Crippen molar-refractivity contribution in [3.63, 3.8) is 0 Å². The van der Waals surface area contributed by atoms with Gasteiger partial charge >= 0.3 is 26.5 Å². The van der Waals surface area contributed by atoms with E-state index in [4.69, 9.17) is 4.55 Å². The van der Waals surface area contributed by atoms with Crippen LogP contribution in [0, 0.1) is 5.92 Å². The Balaban J connectivity index is 5.67. The molecule has 0 aromatic carbocycles. The number of sulfonamides is 1. The van der Waals surface area contributed by atoms with Crippen molar-refractivity contribution in [2.75, 3.05) is 13.1 Å². The van der Waals surface area contributed by atoms with E-state index in [-0.39, 0.29) is 16.6 Å². The summed E-state index contributed by atoms with van der Waals surface area (Å²) in [7, 11) is -13.4. The second-order valence-electron chi connectivity index (χ2n) is 6.47. The standard InChI is InChI=1S/C14H25F6NO5S2/c1-4-6-7-8-11(3)9-10-21(5-2)27(22,23)13(17,18)12(15,16)14(19,20)28(24,25)26/h11H,4-10H2,1-3H3,(H,24,25,26)/t11-/m0/s1. The molecule has 0 saturated heterocycles. The Kier molecular flexibility index (Phi) is 9.27. The summed E-state index contributed by atoms with van der Waals surface area (Å²) in [5.41, 5.74) is 0. The lowest BCUT2D eigenvalue weighted by Crippen LogP contribution is -2.63. The number of alkyl halides is 6. The third kappa shape index (κ3) is 5.30. The van der Waals surface area contributed by atoms with Gasteiger partial charge in [0.15, 0.2) is 0 Å². The van der Waals surface area contributed by atoms with Crippen LogP contribution >= 0.6 is 0 Å². The minimum Gasteiger partial charge on any atom is -0.281 e. The fourth-order valence-electron chi connectivity index (χ4n) is 2.36. The highest BCUT2D eigenvalue weighted by atomic mass is 32.2. The molecule has 0 aliphatic heterocycles. The largest absolute Gasteiger partial charge is 0.439 e. The van der Waals surface area contributed by atoms with Crippen LogP contribution in [0.4, 0.5) is 26.3 Å². The van der Waals surface area contributed by atoms with Crippen molar-refractivity contribution < 1.29 is 47.7 Å². The van der Waals surface area contributed by atoms with Crippen molar-refractivity contribution in [1.82, 2.24) is 4.31 Å². The second-order valence-corrected chi connectivity index (χ2v) is 9.91. The fourth-order valence-corrected chi connectivity index (χ4v) is 4.33. The third-order valence-corrected chi connectivity index (χ3v) is 7.17. The van der Waals surface area contributed by atoms with Gasteiger partial charge in [0, 0.05) is 13.1 Å². The van der Waals surface area contributed by atoms with Crippen LogP contribution in [0.2, 0.25) is 0 Å². The van der Waals surface area contributed by atoms with Crippen LogP contribution in [0.5, 0.6) is 0 Å². The Morgan fingerprint density at radius 3 is 1.79 bits per heavy atom. The molecule has 28 heavy (non-hydrogen) atoms. The molecule has 0 aromatic heterocycles. The van der Waals surface area contributed by atoms with Crippen molar-refractivity contribution >= 4 is 20.1 Å². The van der Waals surface area contributed by atoms with Crippen molar-refractivity contribution in [3.8, 4) is 0 Å². The quantitative estimate of drug-likeness (QED) is 0.253. The average Bonchev–Trinajstić information content (AvgIpc) is 2.53. The van der Waals surface area contributed by atoms with Gasteiger partial charge in [0.2, 0.25) is 0 Å². The first-order chi connectivity index (χ1) is 12.4. The second kappa shape index (κ2) is 9.47. The Morgan fingerprint density at radius 2 is 1.39 bits per heavy atom. The molecule has 0 fully saturated rings. The molecule has 0 radical (unpaired) electrons. The summed E-state index contributed by atoms with van der Waals surface area (Å²) >= 11 is 0. The molecule has 0 aliphatic rings. The van der Waals surface area contributed by atoms with Crippen LogP contribution in [0.15, 0.2) is 0 Å². The molecule has 0 unspecified atom stereocenters. The lowest BCUT2D eigenvalue weighted by molar-refractivity contribution is -0.246. The first-order valence-corrected chi connectivity index (χ1v) is 11.4. The first kappa shape index (κ1) is 27.4. The van der Waals surface area contributed by atoms with Crippen LogP contribution in [-0.4, -0.2) is 55.2 Å². The average molecular weight is 465 g/mol. The topological polar surface area (TPSA) is 91.8 Å². The molecule has 6 nitrogen and oxygen atoms in total. The minimum absolute atomic E-state index is 0.00707. The highest BCUT2D eigenvalue weighted by Crippen LogP contribution is 2.51. The lowest BCUT2D eigenvalue weighted by Gasteiger charge is -2.33. The number of rotatable bonds is 13. The van der Waals surface area contributed by atoms with Gasteiger partial charge in [-0.25, -0.2) is 8.42 Å². The summed E-state index contributed by atoms with van der Waals surface area (Å²) in [6.45, 7) is 3.30. The Labute approximate surface area is 161 Å². The molecule has 0 spiro atoms. The lowest BCUT2D eigenvalue weighted by atomic mass is 10.00. The smallest absolute Gasteiger partial charge is 0.281 e. The van der Waals surface area contributed by atoms with Crippen molar-refractivity contribution in [2.24, 2.45) is 5.92 Å². The molecule has 14 heteroatoms. The molecule has 0 amide bonds. The van der Waals surface area contributed by atoms with E-state index in [9.17, 15) is 43.2 Å². The van der Waals surface area contributed by atoms with Gasteiger partial charge in [-0.2, -0.15) is 39.1 Å². The summed E-state index contributed by atoms with van der Waals surface area (Å²) < 4.78 is 135. The van der Waals surface area contributed by atoms with Gasteiger partial charge in [-0.05, 0) is 12.3 Å². The van der Waals surface area contributed by atoms with Crippen LogP contribution in [0.3, 0.4) is 0 Å². The molecule has 1 N–H and O–H groups in total. The van der Waals surface area contributed by atoms with Crippen molar-refractivity contribution in [1.29, 1.82) is 0 Å². The van der Waals surface area contributed by atoms with E-state index >= 15 is 0 Å². The normalized spacial score (nSPS) is 15.8. The zero-order chi connectivity index (χ0) is 22.6. The van der Waals surface area contributed by atoms with Gasteiger partial charge in [-0.15, -0.1) is 0 Å². The van der Waals surface area contributed by atoms with E-state index in [1.807, 2.05) is 6.92 Å². The van der Waals surface area contributed by atoms with Crippen LogP contribution < -0.4 is 0 Å². The van der Waals surface area contributed by atoms with Gasteiger partial charge in [-0.3, -0.25) is 4.55 Å². The zero-order valence-corrected chi connectivity index (χ0v) is 17.3. The molecule has 1 atom stereocenters. The van der Waals surface area contributed by atoms with E-state index in [0.717, 1.165) is 26.2 Å². The van der Waals surface area contributed by atoms with Gasteiger partial charge in [0.1, 0.15) is 0 Å². The summed E-state index contributed by atoms with van der Waals surface area (Å²) in [6, 6.07) is 0. The van der Waals surface area contributed by atoms with Gasteiger partial charge < -0.3 is 0 Å². The predicted molar refractivity (Wildman–Crippen MR) is 90.5 cm³/mol. The number of hydrogen-bond acceptors (Lipinski definition) is 4. The van der Waals surface area contributed by atoms with Gasteiger partial charge in [-0.1, -0.05) is 46.5 Å². The maximum Gasteiger partial charge on any atom is 0.439 e. The SMILES string of the molecule is CCCCC[C@H](C)CCN(CC)S(=O)(=O)C(F)(F)C(F)(F)C(F)(F)S(=O)(=O)O. The minimum atomic E-state index is -7.02. The number of unbranched alkanes of at least 4 members (excludes halogenated alkanes) is 2. The predicted octanol–water partition coefficient (Wildman–Crippen LogP) is 3.95. The Morgan fingerprint density at radius 1 is 0.893 bits per heavy atom. The maximum absolute atomic E-state index is 14.0. The van der Waals surface area contributed by atoms with E-state index in [1.165, 1.54) is 0 Å². The Bertz CT molecular complexity index is 712. The summed E-state index contributed by atoms with van der Waals surface area (Å²) in [4.78, 5) is 0. The molecule has 0 aromatic rings. The number of nitrogens with zero attached hydrogens (tertiary/aromatic N) is 1. The summed E-state index contributed by atoms with van der Waals surface area (Å²) in [5.74, 6) is -7.06. The fraction of sp³-hybridized carbons (Fsp3) is 1.00. The number of hydrogen-bond donors (Lipinski definition) is 1. The maximum atomic E-state index is 14.0. The summed E-state index contributed by atoms with van der Waals surface area (Å²) in [6.07, 6.45) is 3.21. The van der Waals surface area contributed by atoms with Crippen LogP contribution in [0.1, 0.15) is 52.9 Å². The zero-order valence-electron chi connectivity index (χ0n) is 15.6. The van der Waals surface area contributed by atoms with Crippen LogP contribution in [-0.2, 0) is 20.1 Å². The summed E-state index contributed by atoms with van der Waals surface area (Å²) in [5, 5.41) is -13.2. The van der Waals surface area contributed by atoms with Gasteiger partial charge in [0.25, 0.3) is 10.0 Å². The van der Waals surface area contributed by atoms with E-state index in [0.29, 0.717) is 6.42 Å². The van der Waals surface area contributed by atoms with Crippen LogP contribution in [0.25, 0.3) is 0 Å². The van der Waals surface area contributed by atoms with E-state index in [1.54, 1.807) is 6.92 Å². The van der Waals surface area contributed by atoms with E-state index < -0.39 is 49.7 Å². The molecule has 0 saturated carbocycles. The van der Waals surface area contributed by atoms with Gasteiger partial charge in [0.05, 0.1) is 0 Å². The Hall–Kier alpha value is -0.600. The molecule has 0 rings (SSSR count). The molecule has 0 bridgehead atoms. The highest BCUT2D eigenvalue weighted by molar-refractivity contribution is 7.90.